The summed E-state index contributed by atoms with van der Waals surface area (Å²) in [7, 11) is 0. The topological polar surface area (TPSA) is 80.4 Å². The number of anilines is 1. The SMILES string of the molecule is N/N=C1/C(=O)Nc2ncccc21. The number of nitrogens with zero attached hydrogens (tertiary/aromatic N) is 2. The van der Waals surface area contributed by atoms with E-state index in [4.69, 9.17) is 5.84 Å². The molecule has 0 aromatic carbocycles. The van der Waals surface area contributed by atoms with Gasteiger partial charge in [0.15, 0.2) is 5.71 Å². The van der Waals surface area contributed by atoms with Gasteiger partial charge in [-0.1, -0.05) is 0 Å². The van der Waals surface area contributed by atoms with Gasteiger partial charge in [0.2, 0.25) is 0 Å². The van der Waals surface area contributed by atoms with Crippen molar-refractivity contribution < 1.29 is 4.79 Å². The minimum Gasteiger partial charge on any atom is -0.322 e. The molecule has 3 N–H and O–H groups in total. The third kappa shape index (κ3) is 0.763. The van der Waals surface area contributed by atoms with Gasteiger partial charge in [0, 0.05) is 6.20 Å². The highest BCUT2D eigenvalue weighted by atomic mass is 16.2. The predicted octanol–water partition coefficient (Wildman–Crippen LogP) is -0.304. The second kappa shape index (κ2) is 2.30. The van der Waals surface area contributed by atoms with E-state index >= 15 is 0 Å². The molecule has 5 heteroatoms. The molecule has 0 aliphatic carbocycles. The Bertz CT molecular complexity index is 371. The number of nitrogens with one attached hydrogen (secondary N) is 1. The molecule has 0 fully saturated rings. The molecule has 2 rings (SSSR count). The Morgan fingerprint density at radius 2 is 2.42 bits per heavy atom. The quantitative estimate of drug-likeness (QED) is 0.406. The van der Waals surface area contributed by atoms with Crippen molar-refractivity contribution in [3.05, 3.63) is 23.9 Å². The summed E-state index contributed by atoms with van der Waals surface area (Å²) in [5.41, 5.74) is 0.892. The van der Waals surface area contributed by atoms with Gasteiger partial charge >= 0.3 is 0 Å². The first-order valence-electron chi connectivity index (χ1n) is 3.37. The molecule has 0 spiro atoms. The van der Waals surface area contributed by atoms with Crippen molar-refractivity contribution >= 4 is 17.4 Å². The summed E-state index contributed by atoms with van der Waals surface area (Å²) in [5.74, 6) is 5.26. The van der Waals surface area contributed by atoms with Crippen LogP contribution in [0, 0.1) is 0 Å². The Hall–Kier alpha value is -1.91. The Labute approximate surface area is 68.3 Å². The minimum atomic E-state index is -0.300. The summed E-state index contributed by atoms with van der Waals surface area (Å²) >= 11 is 0. The third-order valence-corrected chi connectivity index (χ3v) is 1.64. The zero-order chi connectivity index (χ0) is 8.55. The van der Waals surface area contributed by atoms with Gasteiger partial charge in [-0.3, -0.25) is 4.79 Å². The van der Waals surface area contributed by atoms with Crippen molar-refractivity contribution in [1.29, 1.82) is 0 Å². The predicted molar refractivity (Wildman–Crippen MR) is 43.6 cm³/mol. The number of pyridine rings is 1. The van der Waals surface area contributed by atoms with Gasteiger partial charge in [0.25, 0.3) is 5.91 Å². The van der Waals surface area contributed by atoms with Gasteiger partial charge in [-0.25, -0.2) is 4.98 Å². The number of rotatable bonds is 0. The minimum absolute atomic E-state index is 0.234. The maximum Gasteiger partial charge on any atom is 0.278 e. The fraction of sp³-hybridized carbons (Fsp3) is 0. The van der Waals surface area contributed by atoms with E-state index in [0.717, 1.165) is 0 Å². The molecule has 0 radical (unpaired) electrons. The van der Waals surface area contributed by atoms with E-state index < -0.39 is 0 Å². The average Bonchev–Trinajstić information content (AvgIpc) is 2.40. The van der Waals surface area contributed by atoms with E-state index in [2.05, 4.69) is 15.4 Å². The highest BCUT2D eigenvalue weighted by Gasteiger charge is 2.26. The molecule has 1 aromatic rings. The van der Waals surface area contributed by atoms with Gasteiger partial charge < -0.3 is 11.2 Å². The number of fused-ring (bicyclic) bond motifs is 1. The van der Waals surface area contributed by atoms with Crippen molar-refractivity contribution in [3.63, 3.8) is 0 Å². The van der Waals surface area contributed by atoms with E-state index in [1.165, 1.54) is 0 Å². The van der Waals surface area contributed by atoms with E-state index in [9.17, 15) is 4.79 Å². The number of carbonyl (C=O) groups is 1. The molecular weight excluding hydrogens is 156 g/mol. The van der Waals surface area contributed by atoms with Crippen LogP contribution in [0.4, 0.5) is 5.82 Å². The average molecular weight is 162 g/mol. The third-order valence-electron chi connectivity index (χ3n) is 1.64. The normalized spacial score (nSPS) is 17.7. The number of amides is 1. The Kier molecular flexibility index (Phi) is 1.30. The molecule has 2 heterocycles. The van der Waals surface area contributed by atoms with Gasteiger partial charge in [-0.15, -0.1) is 0 Å². The van der Waals surface area contributed by atoms with Gasteiger partial charge in [0.05, 0.1) is 5.56 Å². The molecule has 0 bridgehead atoms. The number of carbonyl (C=O) groups excluding carboxylic acids is 1. The van der Waals surface area contributed by atoms with Crippen molar-refractivity contribution in [2.24, 2.45) is 10.9 Å². The molecule has 1 aliphatic heterocycles. The highest BCUT2D eigenvalue weighted by molar-refractivity contribution is 6.53. The maximum absolute atomic E-state index is 11.1. The highest BCUT2D eigenvalue weighted by Crippen LogP contribution is 2.18. The molecule has 60 valence electrons. The van der Waals surface area contributed by atoms with Crippen LogP contribution in [-0.2, 0) is 4.79 Å². The fourth-order valence-corrected chi connectivity index (χ4v) is 1.11. The standard InChI is InChI=1S/C7H6N4O/c8-11-5-4-2-1-3-9-6(4)10-7(5)12/h1-3H,8H2,(H,9,10,11,12). The summed E-state index contributed by atoms with van der Waals surface area (Å²) in [6.07, 6.45) is 1.60. The first-order valence-corrected chi connectivity index (χ1v) is 3.37. The number of nitrogens with two attached hydrogens (primary N) is 1. The van der Waals surface area contributed by atoms with Crippen LogP contribution in [0.2, 0.25) is 0 Å². The number of hydrogen-bond acceptors (Lipinski definition) is 4. The van der Waals surface area contributed by atoms with Crippen LogP contribution in [0.25, 0.3) is 0 Å². The first-order chi connectivity index (χ1) is 5.83. The molecule has 5 nitrogen and oxygen atoms in total. The van der Waals surface area contributed by atoms with Gasteiger partial charge in [0.1, 0.15) is 5.82 Å². The summed E-state index contributed by atoms with van der Waals surface area (Å²) < 4.78 is 0. The van der Waals surface area contributed by atoms with E-state index in [1.54, 1.807) is 18.3 Å². The molecular formula is C7H6N4O. The second-order valence-corrected chi connectivity index (χ2v) is 2.33. The van der Waals surface area contributed by atoms with E-state index in [0.29, 0.717) is 11.4 Å². The lowest BCUT2D eigenvalue weighted by molar-refractivity contribution is -0.110. The van der Waals surface area contributed by atoms with Gasteiger partial charge in [-0.05, 0) is 12.1 Å². The first kappa shape index (κ1) is 6.78. The molecule has 12 heavy (non-hydrogen) atoms. The zero-order valence-corrected chi connectivity index (χ0v) is 6.11. The number of aromatic nitrogens is 1. The summed E-state index contributed by atoms with van der Waals surface area (Å²) in [5, 5.41) is 5.91. The van der Waals surface area contributed by atoms with Crippen LogP contribution < -0.4 is 11.2 Å². The largest absolute Gasteiger partial charge is 0.322 e. The second-order valence-electron chi connectivity index (χ2n) is 2.33. The fourth-order valence-electron chi connectivity index (χ4n) is 1.11. The molecule has 0 saturated carbocycles. The Morgan fingerprint density at radius 3 is 3.17 bits per heavy atom. The molecule has 0 atom stereocenters. The van der Waals surface area contributed by atoms with Crippen LogP contribution in [0.3, 0.4) is 0 Å². The van der Waals surface area contributed by atoms with Crippen molar-refractivity contribution in [2.75, 3.05) is 5.32 Å². The lowest BCUT2D eigenvalue weighted by atomic mass is 10.2. The smallest absolute Gasteiger partial charge is 0.278 e. The summed E-state index contributed by atoms with van der Waals surface area (Å²) in [6, 6.07) is 3.47. The number of hydrazone groups is 1. The van der Waals surface area contributed by atoms with E-state index in [-0.39, 0.29) is 11.6 Å². The Morgan fingerprint density at radius 1 is 1.58 bits per heavy atom. The lowest BCUT2D eigenvalue weighted by Crippen LogP contribution is -2.15. The monoisotopic (exact) mass is 162 g/mol. The van der Waals surface area contributed by atoms with Crippen molar-refractivity contribution in [2.45, 2.75) is 0 Å². The van der Waals surface area contributed by atoms with Gasteiger partial charge in [-0.2, -0.15) is 5.10 Å². The Balaban J connectivity index is 2.62. The lowest BCUT2D eigenvalue weighted by Gasteiger charge is -1.91. The van der Waals surface area contributed by atoms with E-state index in [1.807, 2.05) is 0 Å². The summed E-state index contributed by atoms with van der Waals surface area (Å²) in [6.45, 7) is 0. The summed E-state index contributed by atoms with van der Waals surface area (Å²) in [4.78, 5) is 15.0. The van der Waals surface area contributed by atoms with Crippen LogP contribution in [0.1, 0.15) is 5.56 Å². The van der Waals surface area contributed by atoms with Crippen LogP contribution in [0.15, 0.2) is 23.4 Å². The molecule has 0 unspecified atom stereocenters. The molecule has 0 saturated heterocycles. The zero-order valence-electron chi connectivity index (χ0n) is 6.11. The van der Waals surface area contributed by atoms with Crippen LogP contribution in [-0.4, -0.2) is 16.6 Å². The number of hydrogen-bond donors (Lipinski definition) is 2. The van der Waals surface area contributed by atoms with Crippen LogP contribution >= 0.6 is 0 Å². The molecule has 1 aromatic heterocycles. The molecule has 1 amide bonds. The van der Waals surface area contributed by atoms with Crippen molar-refractivity contribution in [1.82, 2.24) is 4.98 Å². The van der Waals surface area contributed by atoms with Crippen molar-refractivity contribution in [3.8, 4) is 0 Å². The molecule has 1 aliphatic rings. The maximum atomic E-state index is 11.1. The van der Waals surface area contributed by atoms with Crippen LogP contribution in [0.5, 0.6) is 0 Å².